The molecule has 23 heavy (non-hydrogen) atoms. The summed E-state index contributed by atoms with van der Waals surface area (Å²) in [5.74, 6) is 1.30. The Hall–Kier alpha value is -1.95. The molecule has 1 fully saturated rings. The molecule has 0 aliphatic carbocycles. The first kappa shape index (κ1) is 17.4. The lowest BCUT2D eigenvalue weighted by molar-refractivity contribution is 0.0115. The highest BCUT2D eigenvalue weighted by molar-refractivity contribution is 5.69. The van der Waals surface area contributed by atoms with Gasteiger partial charge in [0.05, 0.1) is 20.3 Å². The monoisotopic (exact) mass is 322 g/mol. The molecule has 0 aromatic heterocycles. The topological polar surface area (TPSA) is 60.0 Å². The highest BCUT2D eigenvalue weighted by Crippen LogP contribution is 2.37. The van der Waals surface area contributed by atoms with Crippen LogP contribution in [0.4, 0.5) is 4.79 Å². The van der Waals surface area contributed by atoms with Gasteiger partial charge in [-0.25, -0.2) is 4.79 Å². The van der Waals surface area contributed by atoms with Crippen molar-refractivity contribution in [3.63, 3.8) is 0 Å². The molecule has 0 saturated carbocycles. The van der Waals surface area contributed by atoms with E-state index in [-0.39, 0.29) is 12.1 Å². The summed E-state index contributed by atoms with van der Waals surface area (Å²) in [5, 5.41) is 3.32. The predicted molar refractivity (Wildman–Crippen MR) is 88.1 cm³/mol. The predicted octanol–water partition coefficient (Wildman–Crippen LogP) is 2.59. The van der Waals surface area contributed by atoms with E-state index >= 15 is 0 Å². The van der Waals surface area contributed by atoms with Gasteiger partial charge in [0, 0.05) is 25.2 Å². The quantitative estimate of drug-likeness (QED) is 0.927. The molecule has 1 aliphatic rings. The van der Waals surface area contributed by atoms with Crippen LogP contribution in [0, 0.1) is 0 Å². The zero-order valence-electron chi connectivity index (χ0n) is 14.5. The molecule has 0 spiro atoms. The van der Waals surface area contributed by atoms with Crippen LogP contribution >= 0.6 is 0 Å². The average Bonchev–Trinajstić information content (AvgIpc) is 2.52. The van der Waals surface area contributed by atoms with Crippen LogP contribution in [-0.2, 0) is 4.74 Å². The second-order valence-corrected chi connectivity index (χ2v) is 6.48. The molecule has 6 nitrogen and oxygen atoms in total. The standard InChI is InChI=1S/C17H26N2O4/c1-17(2,3)23-16(20)19-10-9-18-11-13(19)12-7-6-8-14(21-4)15(12)22-5/h6-8,13,18H,9-11H2,1-5H3/t13-/m1/s1. The average molecular weight is 322 g/mol. The van der Waals surface area contributed by atoms with Crippen LogP contribution in [0.15, 0.2) is 18.2 Å². The minimum absolute atomic E-state index is 0.163. The maximum absolute atomic E-state index is 12.6. The van der Waals surface area contributed by atoms with E-state index in [2.05, 4.69) is 5.32 Å². The van der Waals surface area contributed by atoms with Gasteiger partial charge in [-0.2, -0.15) is 0 Å². The van der Waals surface area contributed by atoms with Gasteiger partial charge in [-0.1, -0.05) is 12.1 Å². The Morgan fingerprint density at radius 1 is 1.26 bits per heavy atom. The number of para-hydroxylation sites is 1. The first-order valence-electron chi connectivity index (χ1n) is 7.78. The van der Waals surface area contributed by atoms with Crippen molar-refractivity contribution < 1.29 is 19.0 Å². The SMILES string of the molecule is COc1cccc([C@H]2CNCCN2C(=O)OC(C)(C)C)c1OC. The maximum Gasteiger partial charge on any atom is 0.410 e. The molecule has 1 atom stereocenters. The lowest BCUT2D eigenvalue weighted by Crippen LogP contribution is -2.50. The Kier molecular flexibility index (Phi) is 5.36. The van der Waals surface area contributed by atoms with E-state index in [1.54, 1.807) is 19.1 Å². The number of ether oxygens (including phenoxy) is 3. The second kappa shape index (κ2) is 7.08. The molecule has 1 N–H and O–H groups in total. The third kappa shape index (κ3) is 4.07. The van der Waals surface area contributed by atoms with Gasteiger partial charge in [0.15, 0.2) is 11.5 Å². The molecular formula is C17H26N2O4. The van der Waals surface area contributed by atoms with Crippen molar-refractivity contribution in [2.24, 2.45) is 0 Å². The van der Waals surface area contributed by atoms with E-state index < -0.39 is 5.60 Å². The summed E-state index contributed by atoms with van der Waals surface area (Å²) in [7, 11) is 3.21. The van der Waals surface area contributed by atoms with Gasteiger partial charge in [0.25, 0.3) is 0 Å². The minimum Gasteiger partial charge on any atom is -0.493 e. The fourth-order valence-electron chi connectivity index (χ4n) is 2.70. The Morgan fingerprint density at radius 2 is 2.00 bits per heavy atom. The molecule has 1 aliphatic heterocycles. The van der Waals surface area contributed by atoms with Crippen LogP contribution in [0.1, 0.15) is 32.4 Å². The number of carbonyl (C=O) groups is 1. The van der Waals surface area contributed by atoms with Crippen molar-refractivity contribution in [3.05, 3.63) is 23.8 Å². The third-order valence-corrected chi connectivity index (χ3v) is 3.66. The highest BCUT2D eigenvalue weighted by atomic mass is 16.6. The second-order valence-electron chi connectivity index (χ2n) is 6.48. The van der Waals surface area contributed by atoms with Gasteiger partial charge in [-0.15, -0.1) is 0 Å². The van der Waals surface area contributed by atoms with E-state index in [0.717, 1.165) is 12.1 Å². The minimum atomic E-state index is -0.523. The van der Waals surface area contributed by atoms with Gasteiger partial charge in [-0.05, 0) is 26.8 Å². The van der Waals surface area contributed by atoms with Crippen LogP contribution in [0.5, 0.6) is 11.5 Å². The van der Waals surface area contributed by atoms with Crippen LogP contribution < -0.4 is 14.8 Å². The van der Waals surface area contributed by atoms with E-state index in [4.69, 9.17) is 14.2 Å². The van der Waals surface area contributed by atoms with Gasteiger partial charge < -0.3 is 19.5 Å². The van der Waals surface area contributed by atoms with Crippen molar-refractivity contribution in [2.75, 3.05) is 33.9 Å². The van der Waals surface area contributed by atoms with Crippen molar-refractivity contribution in [1.29, 1.82) is 0 Å². The molecule has 1 amide bonds. The first-order valence-corrected chi connectivity index (χ1v) is 7.78. The molecule has 0 bridgehead atoms. The molecule has 1 saturated heterocycles. The first-order chi connectivity index (χ1) is 10.9. The number of piperazine rings is 1. The van der Waals surface area contributed by atoms with E-state index in [1.165, 1.54) is 0 Å². The number of nitrogens with one attached hydrogen (secondary N) is 1. The van der Waals surface area contributed by atoms with Crippen molar-refractivity contribution in [2.45, 2.75) is 32.4 Å². The van der Waals surface area contributed by atoms with Crippen LogP contribution in [0.2, 0.25) is 0 Å². The summed E-state index contributed by atoms with van der Waals surface area (Å²) in [6, 6.07) is 5.54. The lowest BCUT2D eigenvalue weighted by Gasteiger charge is -2.37. The summed E-state index contributed by atoms with van der Waals surface area (Å²) in [4.78, 5) is 14.3. The molecule has 128 valence electrons. The normalized spacial score (nSPS) is 18.5. The highest BCUT2D eigenvalue weighted by Gasteiger charge is 2.33. The number of methoxy groups -OCH3 is 2. The molecule has 0 unspecified atom stereocenters. The van der Waals surface area contributed by atoms with E-state index in [0.29, 0.717) is 24.6 Å². The Labute approximate surface area is 137 Å². The number of amides is 1. The number of hydrogen-bond acceptors (Lipinski definition) is 5. The summed E-state index contributed by atoms with van der Waals surface area (Å²) >= 11 is 0. The largest absolute Gasteiger partial charge is 0.493 e. The number of benzene rings is 1. The number of hydrogen-bond donors (Lipinski definition) is 1. The molecule has 0 radical (unpaired) electrons. The number of rotatable bonds is 3. The van der Waals surface area contributed by atoms with Gasteiger partial charge in [0.1, 0.15) is 5.60 Å². The fourth-order valence-corrected chi connectivity index (χ4v) is 2.70. The van der Waals surface area contributed by atoms with Crippen molar-refractivity contribution in [1.82, 2.24) is 10.2 Å². The van der Waals surface area contributed by atoms with Crippen molar-refractivity contribution in [3.8, 4) is 11.5 Å². The van der Waals surface area contributed by atoms with Gasteiger partial charge >= 0.3 is 6.09 Å². The number of carbonyl (C=O) groups excluding carboxylic acids is 1. The summed E-state index contributed by atoms with van der Waals surface area (Å²) in [6.07, 6.45) is -0.311. The van der Waals surface area contributed by atoms with E-state index in [9.17, 15) is 4.79 Å². The molecule has 1 heterocycles. The van der Waals surface area contributed by atoms with Gasteiger partial charge in [0.2, 0.25) is 0 Å². The summed E-state index contributed by atoms with van der Waals surface area (Å²) < 4.78 is 16.4. The number of nitrogens with zero attached hydrogens (tertiary/aromatic N) is 1. The Bertz CT molecular complexity index is 554. The van der Waals surface area contributed by atoms with Crippen LogP contribution in [0.3, 0.4) is 0 Å². The Morgan fingerprint density at radius 3 is 2.61 bits per heavy atom. The lowest BCUT2D eigenvalue weighted by atomic mass is 10.0. The zero-order valence-corrected chi connectivity index (χ0v) is 14.5. The van der Waals surface area contributed by atoms with Crippen LogP contribution in [-0.4, -0.2) is 50.4 Å². The smallest absolute Gasteiger partial charge is 0.410 e. The fraction of sp³-hybridized carbons (Fsp3) is 0.588. The van der Waals surface area contributed by atoms with E-state index in [1.807, 2.05) is 39.0 Å². The molecule has 1 aromatic rings. The molecular weight excluding hydrogens is 296 g/mol. The van der Waals surface area contributed by atoms with Crippen LogP contribution in [0.25, 0.3) is 0 Å². The molecule has 6 heteroatoms. The van der Waals surface area contributed by atoms with Crippen molar-refractivity contribution >= 4 is 6.09 Å². The maximum atomic E-state index is 12.6. The zero-order chi connectivity index (χ0) is 17.0. The summed E-state index contributed by atoms with van der Waals surface area (Å²) in [5.41, 5.74) is 0.384. The van der Waals surface area contributed by atoms with Gasteiger partial charge in [-0.3, -0.25) is 4.90 Å². The molecule has 2 rings (SSSR count). The Balaban J connectivity index is 2.33. The molecule has 1 aromatic carbocycles. The summed E-state index contributed by atoms with van der Waals surface area (Å²) in [6.45, 7) is 7.57. The third-order valence-electron chi connectivity index (χ3n) is 3.66.